The lowest BCUT2D eigenvalue weighted by Crippen LogP contribution is -2.32. The summed E-state index contributed by atoms with van der Waals surface area (Å²) in [5.74, 6) is 0.0804. The first kappa shape index (κ1) is 22.1. The number of Topliss-reactive ketones (excluding diaryl/α,β-unsaturated/α-hetero) is 1. The zero-order valence-electron chi connectivity index (χ0n) is 16.4. The Morgan fingerprint density at radius 3 is 2.41 bits per heavy atom. The van der Waals surface area contributed by atoms with E-state index in [0.29, 0.717) is 29.0 Å². The summed E-state index contributed by atoms with van der Waals surface area (Å²) in [4.78, 5) is 23.8. The van der Waals surface area contributed by atoms with Crippen LogP contribution in [0.25, 0.3) is 0 Å². The van der Waals surface area contributed by atoms with Crippen molar-refractivity contribution in [1.82, 2.24) is 5.32 Å². The first-order valence-electron chi connectivity index (χ1n) is 9.00. The molecule has 1 atom stereocenters. The zero-order valence-corrected chi connectivity index (χ0v) is 16.4. The molecule has 0 fully saturated rings. The number of halogens is 2. The van der Waals surface area contributed by atoms with E-state index in [4.69, 9.17) is 9.47 Å². The first-order chi connectivity index (χ1) is 13.8. The van der Waals surface area contributed by atoms with Gasteiger partial charge in [-0.1, -0.05) is 25.1 Å². The average Bonchev–Trinajstić information content (AvgIpc) is 2.70. The minimum atomic E-state index is -2.96. The van der Waals surface area contributed by atoms with Crippen LogP contribution < -0.4 is 19.5 Å². The third kappa shape index (κ3) is 6.17. The molecule has 0 saturated heterocycles. The van der Waals surface area contributed by atoms with Crippen LogP contribution in [0.1, 0.15) is 42.2 Å². The van der Waals surface area contributed by atoms with Gasteiger partial charge < -0.3 is 19.5 Å². The van der Waals surface area contributed by atoms with Gasteiger partial charge >= 0.3 is 6.61 Å². The number of nitrogens with one attached hydrogen (secondary N) is 1. The number of methoxy groups -OCH3 is 1. The number of rotatable bonds is 10. The normalized spacial score (nSPS) is 11.7. The summed E-state index contributed by atoms with van der Waals surface area (Å²) in [6.07, 6.45) is 0.464. The molecule has 0 aliphatic heterocycles. The summed E-state index contributed by atoms with van der Waals surface area (Å²) in [5, 5.41) is 2.75. The van der Waals surface area contributed by atoms with Gasteiger partial charge in [-0.3, -0.25) is 9.59 Å². The quantitative estimate of drug-likeness (QED) is 0.599. The molecule has 2 aromatic carbocycles. The van der Waals surface area contributed by atoms with Crippen LogP contribution in [0.5, 0.6) is 17.2 Å². The van der Waals surface area contributed by atoms with Crippen molar-refractivity contribution in [3.8, 4) is 17.2 Å². The lowest BCUT2D eigenvalue weighted by atomic mass is 10.0. The molecule has 2 aromatic rings. The van der Waals surface area contributed by atoms with Crippen LogP contribution in [-0.2, 0) is 4.79 Å². The van der Waals surface area contributed by atoms with Crippen LogP contribution in [0.4, 0.5) is 8.78 Å². The number of ether oxygens (including phenoxy) is 3. The lowest BCUT2D eigenvalue weighted by Gasteiger charge is -2.20. The van der Waals surface area contributed by atoms with E-state index < -0.39 is 18.6 Å². The maximum absolute atomic E-state index is 12.6. The molecule has 0 heterocycles. The van der Waals surface area contributed by atoms with Gasteiger partial charge in [-0.25, -0.2) is 0 Å². The molecule has 29 heavy (non-hydrogen) atoms. The van der Waals surface area contributed by atoms with Crippen molar-refractivity contribution in [1.29, 1.82) is 0 Å². The van der Waals surface area contributed by atoms with Gasteiger partial charge in [0, 0.05) is 11.1 Å². The Kier molecular flexibility index (Phi) is 7.94. The van der Waals surface area contributed by atoms with E-state index >= 15 is 0 Å². The summed E-state index contributed by atoms with van der Waals surface area (Å²) in [6, 6.07) is 10.4. The molecule has 0 spiro atoms. The van der Waals surface area contributed by atoms with E-state index in [9.17, 15) is 18.4 Å². The topological polar surface area (TPSA) is 73.9 Å². The Bertz CT molecular complexity index is 857. The SMILES string of the molecule is CCC(NC(=O)COc1ccc(C(C)=O)cc1OC)c1ccccc1OC(F)F. The molecule has 0 radical (unpaired) electrons. The summed E-state index contributed by atoms with van der Waals surface area (Å²) >= 11 is 0. The van der Waals surface area contributed by atoms with E-state index in [1.54, 1.807) is 30.3 Å². The highest BCUT2D eigenvalue weighted by Gasteiger charge is 2.19. The molecule has 6 nitrogen and oxygen atoms in total. The molecule has 0 bridgehead atoms. The van der Waals surface area contributed by atoms with Crippen molar-refractivity contribution in [2.45, 2.75) is 32.9 Å². The van der Waals surface area contributed by atoms with Crippen molar-refractivity contribution in [2.24, 2.45) is 0 Å². The number of carbonyl (C=O) groups is 2. The van der Waals surface area contributed by atoms with Gasteiger partial charge in [0.15, 0.2) is 23.9 Å². The fraction of sp³-hybridized carbons (Fsp3) is 0.333. The predicted molar refractivity (Wildman–Crippen MR) is 103 cm³/mol. The van der Waals surface area contributed by atoms with Crippen molar-refractivity contribution in [2.75, 3.05) is 13.7 Å². The highest BCUT2D eigenvalue weighted by atomic mass is 19.3. The highest BCUT2D eigenvalue weighted by molar-refractivity contribution is 5.94. The van der Waals surface area contributed by atoms with Crippen LogP contribution in [0, 0.1) is 0 Å². The maximum Gasteiger partial charge on any atom is 0.387 e. The Morgan fingerprint density at radius 2 is 1.79 bits per heavy atom. The summed E-state index contributed by atoms with van der Waals surface area (Å²) in [7, 11) is 1.43. The summed E-state index contributed by atoms with van der Waals surface area (Å²) < 4.78 is 40.5. The third-order valence-electron chi connectivity index (χ3n) is 4.18. The number of carbonyl (C=O) groups excluding carboxylic acids is 2. The van der Waals surface area contributed by atoms with Gasteiger partial charge in [-0.2, -0.15) is 8.78 Å². The first-order valence-corrected chi connectivity index (χ1v) is 9.00. The van der Waals surface area contributed by atoms with E-state index in [2.05, 4.69) is 10.1 Å². The highest BCUT2D eigenvalue weighted by Crippen LogP contribution is 2.30. The number of hydrogen-bond donors (Lipinski definition) is 1. The Balaban J connectivity index is 2.06. The van der Waals surface area contributed by atoms with E-state index in [1.807, 2.05) is 6.92 Å². The van der Waals surface area contributed by atoms with Crippen LogP contribution >= 0.6 is 0 Å². The Labute approximate surface area is 167 Å². The Hall–Kier alpha value is -3.16. The molecule has 156 valence electrons. The minimum absolute atomic E-state index is 0.0112. The predicted octanol–water partition coefficient (Wildman–Crippen LogP) is 4.15. The Morgan fingerprint density at radius 1 is 1.07 bits per heavy atom. The number of alkyl halides is 2. The largest absolute Gasteiger partial charge is 0.493 e. The second kappa shape index (κ2) is 10.4. The van der Waals surface area contributed by atoms with Crippen molar-refractivity contribution in [3.05, 3.63) is 53.6 Å². The molecule has 2 rings (SSSR count). The van der Waals surface area contributed by atoms with E-state index in [0.717, 1.165) is 0 Å². The van der Waals surface area contributed by atoms with Crippen molar-refractivity contribution < 1.29 is 32.6 Å². The van der Waals surface area contributed by atoms with Gasteiger partial charge in [0.1, 0.15) is 5.75 Å². The number of ketones is 1. The number of hydrogen-bond acceptors (Lipinski definition) is 5. The fourth-order valence-corrected chi connectivity index (χ4v) is 2.76. The molecule has 1 amide bonds. The average molecular weight is 407 g/mol. The molecular formula is C21H23F2NO5. The summed E-state index contributed by atoms with van der Waals surface area (Å²) in [5.41, 5.74) is 0.910. The monoisotopic (exact) mass is 407 g/mol. The van der Waals surface area contributed by atoms with Gasteiger partial charge in [0.25, 0.3) is 5.91 Å². The second-order valence-corrected chi connectivity index (χ2v) is 6.16. The van der Waals surface area contributed by atoms with E-state index in [-0.39, 0.29) is 18.1 Å². The molecule has 1 unspecified atom stereocenters. The van der Waals surface area contributed by atoms with Crippen molar-refractivity contribution in [3.63, 3.8) is 0 Å². The third-order valence-corrected chi connectivity index (χ3v) is 4.18. The molecule has 0 saturated carbocycles. The number of para-hydroxylation sites is 1. The van der Waals surface area contributed by atoms with Gasteiger partial charge in [-0.15, -0.1) is 0 Å². The van der Waals surface area contributed by atoms with Gasteiger partial charge in [-0.05, 0) is 37.6 Å². The zero-order chi connectivity index (χ0) is 21.4. The number of amides is 1. The summed E-state index contributed by atoms with van der Waals surface area (Å²) in [6.45, 7) is -0.0277. The van der Waals surface area contributed by atoms with Gasteiger partial charge in [0.05, 0.1) is 13.2 Å². The van der Waals surface area contributed by atoms with Crippen LogP contribution in [0.15, 0.2) is 42.5 Å². The molecule has 0 aliphatic carbocycles. The van der Waals surface area contributed by atoms with E-state index in [1.165, 1.54) is 26.2 Å². The fourth-order valence-electron chi connectivity index (χ4n) is 2.76. The standard InChI is InChI=1S/C21H23F2NO5/c1-4-16(15-7-5-6-8-17(15)29-21(22)23)24-20(26)12-28-18-10-9-14(13(2)25)11-19(18)27-3/h5-11,16,21H,4,12H2,1-3H3,(H,24,26). The van der Waals surface area contributed by atoms with Gasteiger partial charge in [0.2, 0.25) is 0 Å². The van der Waals surface area contributed by atoms with Crippen molar-refractivity contribution >= 4 is 11.7 Å². The molecule has 0 aliphatic rings. The molecule has 0 aromatic heterocycles. The lowest BCUT2D eigenvalue weighted by molar-refractivity contribution is -0.123. The molecular weight excluding hydrogens is 384 g/mol. The minimum Gasteiger partial charge on any atom is -0.493 e. The molecule has 1 N–H and O–H groups in total. The second-order valence-electron chi connectivity index (χ2n) is 6.16. The van der Waals surface area contributed by atoms with Crippen LogP contribution in [0.2, 0.25) is 0 Å². The molecule has 8 heteroatoms. The maximum atomic E-state index is 12.6. The van der Waals surface area contributed by atoms with Crippen LogP contribution in [-0.4, -0.2) is 32.0 Å². The van der Waals surface area contributed by atoms with Crippen LogP contribution in [0.3, 0.4) is 0 Å². The number of benzene rings is 2. The smallest absolute Gasteiger partial charge is 0.387 e.